The number of rotatable bonds is 1. The zero-order valence-corrected chi connectivity index (χ0v) is 8.18. The summed E-state index contributed by atoms with van der Waals surface area (Å²) in [5.41, 5.74) is 0. The van der Waals surface area contributed by atoms with Crippen molar-refractivity contribution in [3.8, 4) is 5.75 Å². The van der Waals surface area contributed by atoms with Gasteiger partial charge in [-0.2, -0.15) is 0 Å². The zero-order valence-electron chi connectivity index (χ0n) is 7.42. The van der Waals surface area contributed by atoms with Crippen LogP contribution in [0.4, 0.5) is 4.39 Å². The van der Waals surface area contributed by atoms with Gasteiger partial charge in [-0.3, -0.25) is 0 Å². The van der Waals surface area contributed by atoms with Gasteiger partial charge in [-0.15, -0.1) is 0 Å². The molecular weight excluding hydrogens is 205 g/mol. The average molecular weight is 212 g/mol. The fourth-order valence-corrected chi connectivity index (χ4v) is 1.61. The van der Waals surface area contributed by atoms with Crippen molar-refractivity contribution < 1.29 is 9.13 Å². The summed E-state index contributed by atoms with van der Waals surface area (Å²) in [7, 11) is 1.51. The molecule has 0 bridgehead atoms. The molecule has 0 aliphatic carbocycles. The van der Waals surface area contributed by atoms with Gasteiger partial charge in [0.1, 0.15) is 16.7 Å². The lowest BCUT2D eigenvalue weighted by Gasteiger charge is -2.06. The summed E-state index contributed by atoms with van der Waals surface area (Å²) < 4.78 is 18.4. The number of nitrogens with zero attached hydrogens (tertiary/aromatic N) is 1. The number of pyridine rings is 1. The van der Waals surface area contributed by atoms with Crippen molar-refractivity contribution in [1.82, 2.24) is 4.98 Å². The maximum absolute atomic E-state index is 13.3. The highest BCUT2D eigenvalue weighted by molar-refractivity contribution is 6.34. The second-order valence-electron chi connectivity index (χ2n) is 2.77. The van der Waals surface area contributed by atoms with E-state index in [9.17, 15) is 4.39 Å². The SMILES string of the molecule is COc1ccc(F)c2ccnc(Cl)c12. The standard InChI is InChI=1S/C10H7ClFNO/c1-14-8-3-2-7(12)6-4-5-13-10(11)9(6)8/h2-5H,1H3. The van der Waals surface area contributed by atoms with E-state index in [2.05, 4.69) is 4.98 Å². The highest BCUT2D eigenvalue weighted by Gasteiger charge is 2.09. The van der Waals surface area contributed by atoms with Crippen LogP contribution in [-0.2, 0) is 0 Å². The minimum atomic E-state index is -0.329. The maximum atomic E-state index is 13.3. The Morgan fingerprint density at radius 2 is 2.14 bits per heavy atom. The van der Waals surface area contributed by atoms with E-state index in [1.807, 2.05) is 0 Å². The fourth-order valence-electron chi connectivity index (χ4n) is 1.36. The Hall–Kier alpha value is -1.35. The Bertz CT molecular complexity index is 487. The van der Waals surface area contributed by atoms with Gasteiger partial charge >= 0.3 is 0 Å². The minimum absolute atomic E-state index is 0.249. The van der Waals surface area contributed by atoms with Crippen LogP contribution in [0, 0.1) is 5.82 Å². The molecule has 0 saturated heterocycles. The molecule has 2 nitrogen and oxygen atoms in total. The van der Waals surface area contributed by atoms with Gasteiger partial charge in [-0.05, 0) is 18.2 Å². The Labute approximate surface area is 85.3 Å². The topological polar surface area (TPSA) is 22.1 Å². The van der Waals surface area contributed by atoms with Crippen LogP contribution in [-0.4, -0.2) is 12.1 Å². The summed E-state index contributed by atoms with van der Waals surface area (Å²) in [6.07, 6.45) is 1.47. The van der Waals surface area contributed by atoms with Crippen LogP contribution >= 0.6 is 11.6 Å². The highest BCUT2D eigenvalue weighted by Crippen LogP contribution is 2.31. The molecule has 2 rings (SSSR count). The molecule has 0 aliphatic heterocycles. The van der Waals surface area contributed by atoms with Crippen LogP contribution in [0.15, 0.2) is 24.4 Å². The predicted octanol–water partition coefficient (Wildman–Crippen LogP) is 3.04. The molecule has 0 saturated carbocycles. The van der Waals surface area contributed by atoms with Crippen molar-refractivity contribution in [3.63, 3.8) is 0 Å². The molecule has 0 amide bonds. The molecule has 1 aromatic heterocycles. The molecule has 14 heavy (non-hydrogen) atoms. The monoisotopic (exact) mass is 211 g/mol. The smallest absolute Gasteiger partial charge is 0.140 e. The van der Waals surface area contributed by atoms with E-state index >= 15 is 0 Å². The van der Waals surface area contributed by atoms with Gasteiger partial charge in [0.25, 0.3) is 0 Å². The maximum Gasteiger partial charge on any atom is 0.140 e. The average Bonchev–Trinajstić information content (AvgIpc) is 2.20. The van der Waals surface area contributed by atoms with Crippen LogP contribution < -0.4 is 4.74 Å². The molecule has 0 aliphatic rings. The molecule has 2 aromatic rings. The Balaban J connectivity index is 2.92. The number of hydrogen-bond donors (Lipinski definition) is 0. The number of methoxy groups -OCH3 is 1. The number of ether oxygens (including phenoxy) is 1. The number of halogens is 2. The number of aromatic nitrogens is 1. The minimum Gasteiger partial charge on any atom is -0.496 e. The molecule has 0 N–H and O–H groups in total. The molecule has 72 valence electrons. The zero-order chi connectivity index (χ0) is 10.1. The summed E-state index contributed by atoms with van der Waals surface area (Å²) in [5.74, 6) is 0.199. The van der Waals surface area contributed by atoms with E-state index in [1.54, 1.807) is 6.07 Å². The first-order valence-corrected chi connectivity index (χ1v) is 4.38. The first-order chi connectivity index (χ1) is 6.74. The second-order valence-corrected chi connectivity index (χ2v) is 3.13. The van der Waals surface area contributed by atoms with Gasteiger partial charge in [0, 0.05) is 11.6 Å². The molecule has 0 fully saturated rings. The highest BCUT2D eigenvalue weighted by atomic mass is 35.5. The molecule has 0 unspecified atom stereocenters. The first-order valence-electron chi connectivity index (χ1n) is 4.00. The lowest BCUT2D eigenvalue weighted by Crippen LogP contribution is -1.89. The van der Waals surface area contributed by atoms with Gasteiger partial charge < -0.3 is 4.74 Å². The summed E-state index contributed by atoms with van der Waals surface area (Å²) in [4.78, 5) is 3.88. The van der Waals surface area contributed by atoms with E-state index in [0.29, 0.717) is 16.5 Å². The van der Waals surface area contributed by atoms with Crippen LogP contribution in [0.2, 0.25) is 5.15 Å². The van der Waals surface area contributed by atoms with Crippen LogP contribution in [0.5, 0.6) is 5.75 Å². The van der Waals surface area contributed by atoms with Gasteiger partial charge in [-0.25, -0.2) is 9.37 Å². The Morgan fingerprint density at radius 3 is 2.86 bits per heavy atom. The molecule has 0 spiro atoms. The van der Waals surface area contributed by atoms with Gasteiger partial charge in [0.15, 0.2) is 0 Å². The molecule has 0 atom stereocenters. The van der Waals surface area contributed by atoms with Crippen molar-refractivity contribution in [2.75, 3.05) is 7.11 Å². The number of benzene rings is 1. The van der Waals surface area contributed by atoms with Gasteiger partial charge in [-0.1, -0.05) is 11.6 Å². The first kappa shape index (κ1) is 9.21. The van der Waals surface area contributed by atoms with Gasteiger partial charge in [0.05, 0.1) is 12.5 Å². The molecule has 1 heterocycles. The predicted molar refractivity (Wildman–Crippen MR) is 53.3 cm³/mol. The molecule has 0 radical (unpaired) electrons. The van der Waals surface area contributed by atoms with E-state index < -0.39 is 0 Å². The van der Waals surface area contributed by atoms with E-state index in [-0.39, 0.29) is 11.0 Å². The van der Waals surface area contributed by atoms with Crippen molar-refractivity contribution in [3.05, 3.63) is 35.4 Å². The lowest BCUT2D eigenvalue weighted by molar-refractivity contribution is 0.419. The van der Waals surface area contributed by atoms with E-state index in [4.69, 9.17) is 16.3 Å². The third-order valence-electron chi connectivity index (χ3n) is 2.01. The van der Waals surface area contributed by atoms with E-state index in [0.717, 1.165) is 0 Å². The summed E-state index contributed by atoms with van der Waals surface area (Å²) in [5, 5.41) is 1.18. The van der Waals surface area contributed by atoms with Crippen molar-refractivity contribution in [1.29, 1.82) is 0 Å². The molecular formula is C10H7ClFNO. The summed E-state index contributed by atoms with van der Waals surface area (Å²) in [6, 6.07) is 4.45. The summed E-state index contributed by atoms with van der Waals surface area (Å²) in [6.45, 7) is 0. The van der Waals surface area contributed by atoms with Gasteiger partial charge in [0.2, 0.25) is 0 Å². The molecule has 1 aromatic carbocycles. The quantitative estimate of drug-likeness (QED) is 0.677. The van der Waals surface area contributed by atoms with Crippen LogP contribution in [0.1, 0.15) is 0 Å². The fraction of sp³-hybridized carbons (Fsp3) is 0.100. The van der Waals surface area contributed by atoms with Crippen LogP contribution in [0.3, 0.4) is 0 Å². The van der Waals surface area contributed by atoms with Crippen molar-refractivity contribution >= 4 is 22.4 Å². The number of fused-ring (bicyclic) bond motifs is 1. The second kappa shape index (κ2) is 3.42. The third kappa shape index (κ3) is 1.30. The molecule has 4 heteroatoms. The van der Waals surface area contributed by atoms with E-state index in [1.165, 1.54) is 25.4 Å². The lowest BCUT2D eigenvalue weighted by atomic mass is 10.1. The number of hydrogen-bond acceptors (Lipinski definition) is 2. The normalized spacial score (nSPS) is 10.5. The van der Waals surface area contributed by atoms with Crippen molar-refractivity contribution in [2.24, 2.45) is 0 Å². The van der Waals surface area contributed by atoms with Crippen LogP contribution in [0.25, 0.3) is 10.8 Å². The Morgan fingerprint density at radius 1 is 1.36 bits per heavy atom. The Kier molecular flexibility index (Phi) is 2.25. The third-order valence-corrected chi connectivity index (χ3v) is 2.30. The summed E-state index contributed by atoms with van der Waals surface area (Å²) >= 11 is 5.86. The van der Waals surface area contributed by atoms with Crippen molar-refractivity contribution in [2.45, 2.75) is 0 Å². The largest absolute Gasteiger partial charge is 0.496 e.